The van der Waals surface area contributed by atoms with Gasteiger partial charge in [-0.05, 0) is 19.4 Å². The molecule has 12 heavy (non-hydrogen) atoms. The SMILES string of the molecule is C=C(Cl)CNCCCCC(N)=O. The second kappa shape index (κ2) is 7.13. The molecule has 0 aromatic rings. The number of amides is 1. The maximum Gasteiger partial charge on any atom is 0.217 e. The minimum Gasteiger partial charge on any atom is -0.370 e. The van der Waals surface area contributed by atoms with E-state index in [0.717, 1.165) is 19.4 Å². The van der Waals surface area contributed by atoms with Crippen LogP contribution in [0.1, 0.15) is 19.3 Å². The van der Waals surface area contributed by atoms with Gasteiger partial charge in [-0.25, -0.2) is 0 Å². The highest BCUT2D eigenvalue weighted by Crippen LogP contribution is 1.95. The third kappa shape index (κ3) is 9.46. The molecule has 0 aromatic carbocycles. The molecule has 0 fully saturated rings. The molecule has 0 rings (SSSR count). The number of rotatable bonds is 7. The van der Waals surface area contributed by atoms with Gasteiger partial charge in [0.15, 0.2) is 0 Å². The molecule has 4 heteroatoms. The van der Waals surface area contributed by atoms with E-state index in [0.29, 0.717) is 18.0 Å². The molecule has 0 spiro atoms. The van der Waals surface area contributed by atoms with Crippen LogP contribution in [-0.4, -0.2) is 19.0 Å². The zero-order valence-corrected chi connectivity index (χ0v) is 7.86. The predicted molar refractivity (Wildman–Crippen MR) is 50.9 cm³/mol. The van der Waals surface area contributed by atoms with Gasteiger partial charge in [-0.15, -0.1) is 0 Å². The summed E-state index contributed by atoms with van der Waals surface area (Å²) in [5.74, 6) is -0.239. The van der Waals surface area contributed by atoms with Crippen LogP contribution in [0.15, 0.2) is 11.6 Å². The Labute approximate surface area is 78.0 Å². The van der Waals surface area contributed by atoms with Crippen LogP contribution in [0.25, 0.3) is 0 Å². The largest absolute Gasteiger partial charge is 0.370 e. The summed E-state index contributed by atoms with van der Waals surface area (Å²) in [6, 6.07) is 0. The molecule has 70 valence electrons. The first kappa shape index (κ1) is 11.5. The summed E-state index contributed by atoms with van der Waals surface area (Å²) in [6.07, 6.45) is 2.23. The van der Waals surface area contributed by atoms with Gasteiger partial charge in [0, 0.05) is 18.0 Å². The quantitative estimate of drug-likeness (QED) is 0.589. The molecule has 3 N–H and O–H groups in total. The Morgan fingerprint density at radius 1 is 1.50 bits per heavy atom. The molecule has 0 saturated carbocycles. The number of hydrogen-bond donors (Lipinski definition) is 2. The van der Waals surface area contributed by atoms with E-state index in [1.54, 1.807) is 0 Å². The summed E-state index contributed by atoms with van der Waals surface area (Å²) < 4.78 is 0. The van der Waals surface area contributed by atoms with Crippen LogP contribution in [0.3, 0.4) is 0 Å². The molecule has 0 aliphatic heterocycles. The van der Waals surface area contributed by atoms with Gasteiger partial charge in [-0.2, -0.15) is 0 Å². The van der Waals surface area contributed by atoms with Crippen LogP contribution in [0.5, 0.6) is 0 Å². The number of hydrogen-bond acceptors (Lipinski definition) is 2. The highest BCUT2D eigenvalue weighted by atomic mass is 35.5. The topological polar surface area (TPSA) is 55.1 Å². The van der Waals surface area contributed by atoms with Crippen molar-refractivity contribution in [2.75, 3.05) is 13.1 Å². The van der Waals surface area contributed by atoms with Gasteiger partial charge in [0.2, 0.25) is 5.91 Å². The van der Waals surface area contributed by atoms with Crippen LogP contribution < -0.4 is 11.1 Å². The second-order valence-corrected chi connectivity index (χ2v) is 3.15. The van der Waals surface area contributed by atoms with Crippen molar-refractivity contribution < 1.29 is 4.79 Å². The average Bonchev–Trinajstić information content (AvgIpc) is 1.95. The number of halogens is 1. The third-order valence-corrected chi connectivity index (χ3v) is 1.48. The van der Waals surface area contributed by atoms with Crippen molar-refractivity contribution >= 4 is 17.5 Å². The Hall–Kier alpha value is -0.540. The van der Waals surface area contributed by atoms with Crippen molar-refractivity contribution in [2.45, 2.75) is 19.3 Å². The molecule has 0 unspecified atom stereocenters. The monoisotopic (exact) mass is 190 g/mol. The molecular weight excluding hydrogens is 176 g/mol. The fourth-order valence-electron chi connectivity index (χ4n) is 0.773. The minimum absolute atomic E-state index is 0.239. The molecule has 0 aliphatic rings. The first-order chi connectivity index (χ1) is 5.63. The van der Waals surface area contributed by atoms with Gasteiger partial charge >= 0.3 is 0 Å². The lowest BCUT2D eigenvalue weighted by molar-refractivity contribution is -0.118. The van der Waals surface area contributed by atoms with Crippen molar-refractivity contribution in [1.29, 1.82) is 0 Å². The summed E-state index contributed by atoms with van der Waals surface area (Å²) in [4.78, 5) is 10.3. The van der Waals surface area contributed by atoms with Crippen LogP contribution in [0.2, 0.25) is 0 Å². The van der Waals surface area contributed by atoms with E-state index >= 15 is 0 Å². The fraction of sp³-hybridized carbons (Fsp3) is 0.625. The predicted octanol–water partition coefficient (Wildman–Crippen LogP) is 0.984. The third-order valence-electron chi connectivity index (χ3n) is 1.34. The first-order valence-corrected chi connectivity index (χ1v) is 4.33. The van der Waals surface area contributed by atoms with Crippen molar-refractivity contribution in [3.63, 3.8) is 0 Å². The normalized spacial score (nSPS) is 9.75. The minimum atomic E-state index is -0.239. The van der Waals surface area contributed by atoms with E-state index in [4.69, 9.17) is 17.3 Å². The van der Waals surface area contributed by atoms with E-state index in [1.165, 1.54) is 0 Å². The highest BCUT2D eigenvalue weighted by Gasteiger charge is 1.93. The lowest BCUT2D eigenvalue weighted by Crippen LogP contribution is -2.17. The van der Waals surface area contributed by atoms with Crippen LogP contribution in [0.4, 0.5) is 0 Å². The van der Waals surface area contributed by atoms with Gasteiger partial charge in [0.25, 0.3) is 0 Å². The van der Waals surface area contributed by atoms with Crippen molar-refractivity contribution in [1.82, 2.24) is 5.32 Å². The summed E-state index contributed by atoms with van der Waals surface area (Å²) in [6.45, 7) is 5.00. The van der Waals surface area contributed by atoms with Gasteiger partial charge in [-0.3, -0.25) is 4.79 Å². The van der Waals surface area contributed by atoms with Crippen molar-refractivity contribution in [3.05, 3.63) is 11.6 Å². The second-order valence-electron chi connectivity index (χ2n) is 2.62. The number of nitrogens with one attached hydrogen (secondary N) is 1. The van der Waals surface area contributed by atoms with Gasteiger partial charge in [-0.1, -0.05) is 18.2 Å². The van der Waals surface area contributed by atoms with E-state index < -0.39 is 0 Å². The Bertz CT molecular complexity index is 141. The van der Waals surface area contributed by atoms with E-state index in [-0.39, 0.29) is 5.91 Å². The summed E-state index contributed by atoms with van der Waals surface area (Å²) in [5.41, 5.74) is 4.96. The lowest BCUT2D eigenvalue weighted by atomic mass is 10.2. The summed E-state index contributed by atoms with van der Waals surface area (Å²) in [7, 11) is 0. The molecular formula is C8H15ClN2O. The molecule has 3 nitrogen and oxygen atoms in total. The van der Waals surface area contributed by atoms with Crippen LogP contribution in [-0.2, 0) is 4.79 Å². The number of primary amides is 1. The Kier molecular flexibility index (Phi) is 6.81. The van der Waals surface area contributed by atoms with Gasteiger partial charge in [0.1, 0.15) is 0 Å². The molecule has 0 bridgehead atoms. The molecule has 0 radical (unpaired) electrons. The molecule has 0 saturated heterocycles. The Balaban J connectivity index is 3.01. The number of unbranched alkanes of at least 4 members (excludes halogenated alkanes) is 1. The van der Waals surface area contributed by atoms with Crippen LogP contribution in [0, 0.1) is 0 Å². The van der Waals surface area contributed by atoms with E-state index in [2.05, 4.69) is 11.9 Å². The van der Waals surface area contributed by atoms with E-state index in [1.807, 2.05) is 0 Å². The molecule has 0 heterocycles. The number of carbonyl (C=O) groups excluding carboxylic acids is 1. The fourth-order valence-corrected chi connectivity index (χ4v) is 0.868. The van der Waals surface area contributed by atoms with E-state index in [9.17, 15) is 4.79 Å². The maximum absolute atomic E-state index is 10.3. The number of nitrogens with two attached hydrogens (primary N) is 1. The summed E-state index contributed by atoms with van der Waals surface area (Å²) >= 11 is 5.51. The standard InChI is InChI=1S/C8H15ClN2O/c1-7(9)6-11-5-3-2-4-8(10)12/h11H,1-6H2,(H2,10,12). The van der Waals surface area contributed by atoms with Gasteiger partial charge < -0.3 is 11.1 Å². The zero-order valence-electron chi connectivity index (χ0n) is 7.11. The Morgan fingerprint density at radius 3 is 2.67 bits per heavy atom. The zero-order chi connectivity index (χ0) is 9.40. The van der Waals surface area contributed by atoms with Gasteiger partial charge in [0.05, 0.1) is 0 Å². The van der Waals surface area contributed by atoms with Crippen molar-refractivity contribution in [2.24, 2.45) is 5.73 Å². The molecule has 0 aromatic heterocycles. The van der Waals surface area contributed by atoms with Crippen molar-refractivity contribution in [3.8, 4) is 0 Å². The Morgan fingerprint density at radius 2 is 2.17 bits per heavy atom. The summed E-state index contributed by atoms with van der Waals surface area (Å²) in [5, 5.41) is 3.68. The smallest absolute Gasteiger partial charge is 0.217 e. The molecule has 1 amide bonds. The highest BCUT2D eigenvalue weighted by molar-refractivity contribution is 6.29. The number of carbonyl (C=O) groups is 1. The van der Waals surface area contributed by atoms with Crippen LogP contribution >= 0.6 is 11.6 Å². The molecule has 0 aliphatic carbocycles. The first-order valence-electron chi connectivity index (χ1n) is 3.95. The molecule has 0 atom stereocenters. The maximum atomic E-state index is 10.3. The average molecular weight is 191 g/mol. The lowest BCUT2D eigenvalue weighted by Gasteiger charge is -2.01.